The first-order chi connectivity index (χ1) is 23.5. The molecule has 0 radical (unpaired) electrons. The highest BCUT2D eigenvalue weighted by molar-refractivity contribution is 5.90. The summed E-state index contributed by atoms with van der Waals surface area (Å²) in [7, 11) is 2.14. The Morgan fingerprint density at radius 2 is 1.77 bits per heavy atom. The fraction of sp³-hybridized carbons (Fsp3) is 0.425. The minimum Gasteiger partial charge on any atom is -0.368 e. The number of rotatable bonds is 11. The number of nitrogens with one attached hydrogen (secondary N) is 2. The average molecular weight is 645 g/mol. The molecule has 0 spiro atoms. The SMILES string of the molecule is CN(Cc1cccnc1)Cc1ccccc1N1CCN(C(=O)C(CC2C=CC(C3CC3)=CC2)NC(=O)[C@H]2Cc3ccccc3CN2)CC1. The van der Waals surface area contributed by atoms with E-state index in [1.54, 1.807) is 6.20 Å². The van der Waals surface area contributed by atoms with E-state index in [2.05, 4.69) is 93.2 Å². The second-order valence-corrected chi connectivity index (χ2v) is 14.0. The lowest BCUT2D eigenvalue weighted by Crippen LogP contribution is -2.58. The van der Waals surface area contributed by atoms with Gasteiger partial charge in [-0.15, -0.1) is 0 Å². The molecule has 7 rings (SSSR count). The van der Waals surface area contributed by atoms with E-state index in [1.807, 2.05) is 29.3 Å². The van der Waals surface area contributed by atoms with Gasteiger partial charge < -0.3 is 20.4 Å². The van der Waals surface area contributed by atoms with Gasteiger partial charge in [-0.1, -0.05) is 66.8 Å². The highest BCUT2D eigenvalue weighted by atomic mass is 16.2. The van der Waals surface area contributed by atoms with Crippen molar-refractivity contribution < 1.29 is 9.59 Å². The van der Waals surface area contributed by atoms with Crippen LogP contribution in [0.4, 0.5) is 5.69 Å². The number of pyridine rings is 1. The Kier molecular flexibility index (Phi) is 10.0. The fourth-order valence-electron chi connectivity index (χ4n) is 7.50. The zero-order valence-electron chi connectivity index (χ0n) is 28.1. The monoisotopic (exact) mass is 644 g/mol. The summed E-state index contributed by atoms with van der Waals surface area (Å²) in [5.41, 5.74) is 7.58. The maximum Gasteiger partial charge on any atom is 0.245 e. The van der Waals surface area contributed by atoms with Crippen LogP contribution >= 0.6 is 0 Å². The second kappa shape index (κ2) is 14.9. The number of carbonyl (C=O) groups is 2. The lowest BCUT2D eigenvalue weighted by atomic mass is 9.88. The first-order valence-corrected chi connectivity index (χ1v) is 17.7. The van der Waals surface area contributed by atoms with E-state index in [1.165, 1.54) is 46.4 Å². The third-order valence-electron chi connectivity index (χ3n) is 10.4. The lowest BCUT2D eigenvalue weighted by molar-refractivity contribution is -0.137. The van der Waals surface area contributed by atoms with Crippen molar-refractivity contribution in [2.45, 2.75) is 63.8 Å². The smallest absolute Gasteiger partial charge is 0.245 e. The molecule has 8 heteroatoms. The molecule has 2 unspecified atom stereocenters. The zero-order chi connectivity index (χ0) is 32.9. The van der Waals surface area contributed by atoms with E-state index in [9.17, 15) is 9.59 Å². The summed E-state index contributed by atoms with van der Waals surface area (Å²) in [5.74, 6) is 0.912. The quantitative estimate of drug-likeness (QED) is 0.311. The molecule has 2 amide bonds. The molecule has 1 aromatic heterocycles. The summed E-state index contributed by atoms with van der Waals surface area (Å²) in [6.07, 6.45) is 15.4. The number of hydrogen-bond acceptors (Lipinski definition) is 6. The normalized spacial score (nSPS) is 21.4. The predicted octanol–water partition coefficient (Wildman–Crippen LogP) is 4.86. The molecular weight excluding hydrogens is 596 g/mol. The topological polar surface area (TPSA) is 80.8 Å². The zero-order valence-corrected chi connectivity index (χ0v) is 28.1. The van der Waals surface area contributed by atoms with Crippen molar-refractivity contribution in [2.24, 2.45) is 11.8 Å². The number of aromatic nitrogens is 1. The Labute approximate surface area is 284 Å². The highest BCUT2D eigenvalue weighted by Crippen LogP contribution is 2.39. The van der Waals surface area contributed by atoms with Gasteiger partial charge in [0.15, 0.2) is 0 Å². The van der Waals surface area contributed by atoms with Crippen molar-refractivity contribution in [1.82, 2.24) is 25.4 Å². The van der Waals surface area contributed by atoms with Crippen LogP contribution in [0.5, 0.6) is 0 Å². The number of piperazine rings is 1. The van der Waals surface area contributed by atoms with E-state index < -0.39 is 6.04 Å². The van der Waals surface area contributed by atoms with Gasteiger partial charge in [-0.2, -0.15) is 0 Å². The number of anilines is 1. The van der Waals surface area contributed by atoms with Crippen molar-refractivity contribution in [3.63, 3.8) is 0 Å². The lowest BCUT2D eigenvalue weighted by Gasteiger charge is -2.39. The molecule has 4 aliphatic rings. The summed E-state index contributed by atoms with van der Waals surface area (Å²) in [6, 6.07) is 20.1. The molecule has 2 aliphatic carbocycles. The number of para-hydroxylation sites is 1. The Hall–Kier alpha value is -4.27. The number of allylic oxidation sites excluding steroid dienone is 4. The fourth-order valence-corrected chi connectivity index (χ4v) is 7.50. The maximum atomic E-state index is 14.2. The van der Waals surface area contributed by atoms with Gasteiger partial charge in [0.1, 0.15) is 6.04 Å². The van der Waals surface area contributed by atoms with Crippen LogP contribution < -0.4 is 15.5 Å². The Balaban J connectivity index is 0.996. The van der Waals surface area contributed by atoms with Crippen molar-refractivity contribution in [3.8, 4) is 0 Å². The summed E-state index contributed by atoms with van der Waals surface area (Å²) in [6.45, 7) is 5.09. The van der Waals surface area contributed by atoms with Crippen molar-refractivity contribution in [1.29, 1.82) is 0 Å². The number of benzene rings is 2. The van der Waals surface area contributed by atoms with Crippen molar-refractivity contribution in [2.75, 3.05) is 38.1 Å². The molecule has 8 nitrogen and oxygen atoms in total. The standard InChI is InChI=1S/C40H48N6O2/c1-44(27-30-7-6-18-41-25-30)28-35-10-4-5-11-38(35)45-19-21-46(22-20-45)40(48)37(23-29-12-14-31(15-13-29)32-16-17-32)43-39(47)36-24-33-8-2-3-9-34(33)26-42-36/h2-12,14-15,18,25,29,32,36-37,42H,13,16-17,19-24,26-28H2,1H3,(H,43,47)/t29?,36-,37?/m1/s1. The third-order valence-corrected chi connectivity index (χ3v) is 10.4. The van der Waals surface area contributed by atoms with Gasteiger partial charge in [-0.25, -0.2) is 0 Å². The van der Waals surface area contributed by atoms with Crippen molar-refractivity contribution >= 4 is 17.5 Å². The van der Waals surface area contributed by atoms with Gasteiger partial charge in [0, 0.05) is 63.9 Å². The Morgan fingerprint density at radius 1 is 0.979 bits per heavy atom. The molecule has 48 heavy (non-hydrogen) atoms. The van der Waals surface area contributed by atoms with Crippen LogP contribution in [0.2, 0.25) is 0 Å². The van der Waals surface area contributed by atoms with E-state index in [-0.39, 0.29) is 23.8 Å². The molecule has 2 fully saturated rings. The molecule has 2 aliphatic heterocycles. The van der Waals surface area contributed by atoms with Crippen LogP contribution in [-0.4, -0.2) is 71.9 Å². The molecular formula is C40H48N6O2. The van der Waals surface area contributed by atoms with Gasteiger partial charge in [0.05, 0.1) is 6.04 Å². The highest BCUT2D eigenvalue weighted by Gasteiger charge is 2.34. The maximum absolute atomic E-state index is 14.2. The van der Waals surface area contributed by atoms with Gasteiger partial charge in [-0.05, 0) is 90.9 Å². The van der Waals surface area contributed by atoms with Gasteiger partial charge in [0.25, 0.3) is 0 Å². The van der Waals surface area contributed by atoms with E-state index in [4.69, 9.17) is 0 Å². The first-order valence-electron chi connectivity index (χ1n) is 17.7. The molecule has 3 atom stereocenters. The number of hydrogen-bond donors (Lipinski definition) is 2. The molecule has 1 saturated carbocycles. The van der Waals surface area contributed by atoms with Crippen LogP contribution in [0.1, 0.15) is 47.9 Å². The van der Waals surface area contributed by atoms with Gasteiger partial charge in [0.2, 0.25) is 11.8 Å². The van der Waals surface area contributed by atoms with E-state index in [0.29, 0.717) is 32.5 Å². The second-order valence-electron chi connectivity index (χ2n) is 14.0. The minimum absolute atomic E-state index is 0.0362. The molecule has 250 valence electrons. The Morgan fingerprint density at radius 3 is 2.52 bits per heavy atom. The molecule has 1 saturated heterocycles. The number of amides is 2. The summed E-state index contributed by atoms with van der Waals surface area (Å²) < 4.78 is 0. The average Bonchev–Trinajstić information content (AvgIpc) is 3.98. The van der Waals surface area contributed by atoms with Crippen LogP contribution in [-0.2, 0) is 35.6 Å². The summed E-state index contributed by atoms with van der Waals surface area (Å²) >= 11 is 0. The van der Waals surface area contributed by atoms with Crippen LogP contribution in [0.25, 0.3) is 0 Å². The molecule has 3 heterocycles. The van der Waals surface area contributed by atoms with Crippen LogP contribution in [0.3, 0.4) is 0 Å². The summed E-state index contributed by atoms with van der Waals surface area (Å²) in [5, 5.41) is 6.64. The molecule has 0 bridgehead atoms. The van der Waals surface area contributed by atoms with Gasteiger partial charge in [-0.3, -0.25) is 19.5 Å². The van der Waals surface area contributed by atoms with Crippen LogP contribution in [0, 0.1) is 11.8 Å². The van der Waals surface area contributed by atoms with E-state index in [0.717, 1.165) is 38.5 Å². The molecule has 2 aromatic carbocycles. The first kappa shape index (κ1) is 32.3. The number of carbonyl (C=O) groups excluding carboxylic acids is 2. The van der Waals surface area contributed by atoms with Crippen molar-refractivity contribution in [3.05, 3.63) is 119 Å². The summed E-state index contributed by atoms with van der Waals surface area (Å²) in [4.78, 5) is 38.9. The number of fused-ring (bicyclic) bond motifs is 1. The third kappa shape index (κ3) is 7.88. The molecule has 3 aromatic rings. The van der Waals surface area contributed by atoms with E-state index >= 15 is 0 Å². The largest absolute Gasteiger partial charge is 0.368 e. The number of nitrogens with zero attached hydrogens (tertiary/aromatic N) is 4. The Bertz CT molecular complexity index is 1640. The minimum atomic E-state index is -0.554. The molecule has 2 N–H and O–H groups in total. The van der Waals surface area contributed by atoms with Gasteiger partial charge >= 0.3 is 0 Å². The predicted molar refractivity (Wildman–Crippen MR) is 190 cm³/mol. The van der Waals surface area contributed by atoms with Crippen LogP contribution in [0.15, 0.2) is 96.9 Å².